The van der Waals surface area contributed by atoms with Crippen LogP contribution in [-0.2, 0) is 0 Å². The lowest BCUT2D eigenvalue weighted by molar-refractivity contribution is 0.423. The second kappa shape index (κ2) is 7.10. The van der Waals surface area contributed by atoms with Crippen LogP contribution in [0.1, 0.15) is 26.2 Å². The summed E-state index contributed by atoms with van der Waals surface area (Å²) in [6.45, 7) is 5.67. The Balaban J connectivity index is 2.01. The first-order valence-electron chi connectivity index (χ1n) is 6.64. The number of rotatable bonds is 4. The van der Waals surface area contributed by atoms with Crippen LogP contribution in [0.2, 0.25) is 0 Å². The van der Waals surface area contributed by atoms with E-state index in [0.717, 1.165) is 13.1 Å². The Kier molecular flexibility index (Phi) is 5.76. The maximum Gasteiger partial charge on any atom is 0.0378 e. The fraction of sp³-hybridized carbons (Fsp3) is 0.571. The van der Waals surface area contributed by atoms with Crippen LogP contribution in [0.4, 0.5) is 5.69 Å². The van der Waals surface area contributed by atoms with Gasteiger partial charge in [0.1, 0.15) is 0 Å². The van der Waals surface area contributed by atoms with Gasteiger partial charge >= 0.3 is 0 Å². The van der Waals surface area contributed by atoms with Gasteiger partial charge in [0.25, 0.3) is 0 Å². The largest absolute Gasteiger partial charge is 0.370 e. The molecule has 0 radical (unpaired) electrons. The maximum atomic E-state index is 3.64. The van der Waals surface area contributed by atoms with Crippen LogP contribution < -0.4 is 10.2 Å². The van der Waals surface area contributed by atoms with Crippen LogP contribution in [0, 0.1) is 3.57 Å². The van der Waals surface area contributed by atoms with Gasteiger partial charge in [-0.15, -0.1) is 0 Å². The van der Waals surface area contributed by atoms with Gasteiger partial charge in [-0.3, -0.25) is 0 Å². The van der Waals surface area contributed by atoms with Gasteiger partial charge in [-0.05, 0) is 82.5 Å². The highest BCUT2D eigenvalue weighted by atomic mass is 127. The molecule has 1 aliphatic rings. The highest BCUT2D eigenvalue weighted by molar-refractivity contribution is 14.1. The lowest BCUT2D eigenvalue weighted by Crippen LogP contribution is -2.46. The molecule has 1 N–H and O–H groups in total. The van der Waals surface area contributed by atoms with Crippen molar-refractivity contribution in [2.24, 2.45) is 0 Å². The molecule has 1 saturated heterocycles. The van der Waals surface area contributed by atoms with E-state index in [1.54, 1.807) is 0 Å². The Morgan fingerprint density at radius 1 is 1.50 bits per heavy atom. The molecular weight excluding hydrogens is 403 g/mol. The van der Waals surface area contributed by atoms with E-state index in [0.29, 0.717) is 6.04 Å². The zero-order valence-electron chi connectivity index (χ0n) is 10.8. The number of halogens is 2. The molecular formula is C14H20BrIN2. The predicted octanol–water partition coefficient (Wildman–Crippen LogP) is 4.02. The lowest BCUT2D eigenvalue weighted by atomic mass is 10.0. The third-order valence-electron chi connectivity index (χ3n) is 3.37. The fourth-order valence-electron chi connectivity index (χ4n) is 2.41. The molecule has 1 unspecified atom stereocenters. The normalized spacial score (nSPS) is 20.2. The summed E-state index contributed by atoms with van der Waals surface area (Å²) in [5.74, 6) is 0. The second-order valence-electron chi connectivity index (χ2n) is 4.84. The number of piperidine rings is 1. The molecule has 0 spiro atoms. The van der Waals surface area contributed by atoms with Crippen molar-refractivity contribution >= 4 is 44.2 Å². The molecule has 0 aliphatic carbocycles. The van der Waals surface area contributed by atoms with Gasteiger partial charge in [-0.1, -0.05) is 6.92 Å². The SMILES string of the molecule is CCCNC1CCCN(c2ccc(I)c(Br)c2)C1. The molecule has 1 heterocycles. The molecule has 1 atom stereocenters. The van der Waals surface area contributed by atoms with E-state index in [4.69, 9.17) is 0 Å². The van der Waals surface area contributed by atoms with E-state index < -0.39 is 0 Å². The van der Waals surface area contributed by atoms with E-state index in [9.17, 15) is 0 Å². The average Bonchev–Trinajstić information content (AvgIpc) is 2.40. The highest BCUT2D eigenvalue weighted by Gasteiger charge is 2.19. The first-order valence-corrected chi connectivity index (χ1v) is 8.51. The summed E-state index contributed by atoms with van der Waals surface area (Å²) < 4.78 is 2.47. The van der Waals surface area contributed by atoms with Gasteiger partial charge in [0, 0.05) is 32.9 Å². The molecule has 0 saturated carbocycles. The van der Waals surface area contributed by atoms with E-state index in [1.165, 1.54) is 39.5 Å². The van der Waals surface area contributed by atoms with Gasteiger partial charge in [-0.2, -0.15) is 0 Å². The molecule has 2 nitrogen and oxygen atoms in total. The third kappa shape index (κ3) is 3.84. The standard InChI is InChI=1S/C14H20BrIN2/c1-2-7-17-11-4-3-8-18(10-11)12-5-6-14(16)13(15)9-12/h5-6,9,11,17H,2-4,7-8,10H2,1H3. The molecule has 4 heteroatoms. The molecule has 1 aromatic carbocycles. The van der Waals surface area contributed by atoms with E-state index >= 15 is 0 Å². The summed E-state index contributed by atoms with van der Waals surface area (Å²) in [6.07, 6.45) is 3.80. The summed E-state index contributed by atoms with van der Waals surface area (Å²) in [5, 5.41) is 3.64. The van der Waals surface area contributed by atoms with Gasteiger partial charge in [0.15, 0.2) is 0 Å². The highest BCUT2D eigenvalue weighted by Crippen LogP contribution is 2.27. The topological polar surface area (TPSA) is 15.3 Å². The van der Waals surface area contributed by atoms with Crippen LogP contribution in [0.25, 0.3) is 0 Å². The van der Waals surface area contributed by atoms with E-state index in [1.807, 2.05) is 0 Å². The third-order valence-corrected chi connectivity index (χ3v) is 5.71. The first-order chi connectivity index (χ1) is 8.70. The van der Waals surface area contributed by atoms with Crippen molar-refractivity contribution in [3.8, 4) is 0 Å². The summed E-state index contributed by atoms with van der Waals surface area (Å²) in [6, 6.07) is 7.30. The van der Waals surface area contributed by atoms with Crippen LogP contribution in [-0.4, -0.2) is 25.7 Å². The van der Waals surface area contributed by atoms with Crippen LogP contribution in [0.3, 0.4) is 0 Å². The second-order valence-corrected chi connectivity index (χ2v) is 6.85. The monoisotopic (exact) mass is 422 g/mol. The molecule has 1 aromatic rings. The molecule has 0 bridgehead atoms. The number of anilines is 1. The number of hydrogen-bond acceptors (Lipinski definition) is 2. The van der Waals surface area contributed by atoms with Gasteiger partial charge in [0.2, 0.25) is 0 Å². The van der Waals surface area contributed by atoms with Crippen molar-refractivity contribution in [2.45, 2.75) is 32.2 Å². The minimum Gasteiger partial charge on any atom is -0.370 e. The van der Waals surface area contributed by atoms with E-state index in [-0.39, 0.29) is 0 Å². The van der Waals surface area contributed by atoms with Crippen molar-refractivity contribution in [1.29, 1.82) is 0 Å². The molecule has 0 aromatic heterocycles. The smallest absolute Gasteiger partial charge is 0.0378 e. The Morgan fingerprint density at radius 2 is 2.33 bits per heavy atom. The van der Waals surface area contributed by atoms with Crippen LogP contribution in [0.5, 0.6) is 0 Å². The Bertz CT molecular complexity index is 397. The van der Waals surface area contributed by atoms with Gasteiger partial charge in [0.05, 0.1) is 0 Å². The summed E-state index contributed by atoms with van der Waals surface area (Å²) in [4.78, 5) is 2.50. The van der Waals surface area contributed by atoms with Crippen LogP contribution >= 0.6 is 38.5 Å². The number of hydrogen-bond donors (Lipinski definition) is 1. The minimum absolute atomic E-state index is 0.650. The minimum atomic E-state index is 0.650. The van der Waals surface area contributed by atoms with Crippen LogP contribution in [0.15, 0.2) is 22.7 Å². The molecule has 18 heavy (non-hydrogen) atoms. The Morgan fingerprint density at radius 3 is 3.06 bits per heavy atom. The first kappa shape index (κ1) is 14.6. The molecule has 0 amide bonds. The summed E-state index contributed by atoms with van der Waals surface area (Å²) >= 11 is 5.98. The fourth-order valence-corrected chi connectivity index (χ4v) is 3.11. The number of nitrogens with zero attached hydrogens (tertiary/aromatic N) is 1. The summed E-state index contributed by atoms with van der Waals surface area (Å²) in [5.41, 5.74) is 1.34. The molecule has 2 rings (SSSR count). The molecule has 1 aliphatic heterocycles. The van der Waals surface area contributed by atoms with Gasteiger partial charge < -0.3 is 10.2 Å². The van der Waals surface area contributed by atoms with Crippen molar-refractivity contribution < 1.29 is 0 Å². The van der Waals surface area contributed by atoms with Crippen molar-refractivity contribution in [2.75, 3.05) is 24.5 Å². The lowest BCUT2D eigenvalue weighted by Gasteiger charge is -2.35. The van der Waals surface area contributed by atoms with E-state index in [2.05, 4.69) is 73.9 Å². The summed E-state index contributed by atoms with van der Waals surface area (Å²) in [7, 11) is 0. The molecule has 100 valence electrons. The van der Waals surface area contributed by atoms with Gasteiger partial charge in [-0.25, -0.2) is 0 Å². The maximum absolute atomic E-state index is 3.64. The zero-order chi connectivity index (χ0) is 13.0. The Labute approximate surface area is 132 Å². The molecule has 1 fully saturated rings. The number of benzene rings is 1. The van der Waals surface area contributed by atoms with Crippen molar-refractivity contribution in [3.05, 3.63) is 26.2 Å². The van der Waals surface area contributed by atoms with Crippen molar-refractivity contribution in [3.63, 3.8) is 0 Å². The quantitative estimate of drug-likeness (QED) is 0.737. The number of nitrogens with one attached hydrogen (secondary N) is 1. The van der Waals surface area contributed by atoms with Crippen molar-refractivity contribution in [1.82, 2.24) is 5.32 Å². The average molecular weight is 423 g/mol. The zero-order valence-corrected chi connectivity index (χ0v) is 14.5. The predicted molar refractivity (Wildman–Crippen MR) is 90.4 cm³/mol. The Hall–Kier alpha value is 0.190.